The third-order valence-corrected chi connectivity index (χ3v) is 4.06. The molecule has 1 N–H and O–H groups in total. The van der Waals surface area contributed by atoms with E-state index in [0.717, 1.165) is 25.1 Å². The molecule has 18 heavy (non-hydrogen) atoms. The second-order valence-electron chi connectivity index (χ2n) is 4.36. The predicted octanol–water partition coefficient (Wildman–Crippen LogP) is 2.33. The fourth-order valence-electron chi connectivity index (χ4n) is 2.15. The zero-order chi connectivity index (χ0) is 13.0. The minimum absolute atomic E-state index is 0.349. The number of hydrogen-bond acceptors (Lipinski definition) is 4. The molecule has 2 aromatic rings. The van der Waals surface area contributed by atoms with Gasteiger partial charge in [0.15, 0.2) is 0 Å². The molecule has 0 saturated heterocycles. The van der Waals surface area contributed by atoms with Gasteiger partial charge in [-0.3, -0.25) is 4.68 Å². The Bertz CT molecular complexity index is 489. The molecule has 1 atom stereocenters. The summed E-state index contributed by atoms with van der Waals surface area (Å²) in [5.74, 6) is 0. The van der Waals surface area contributed by atoms with Gasteiger partial charge in [0.2, 0.25) is 0 Å². The summed E-state index contributed by atoms with van der Waals surface area (Å²) in [5.41, 5.74) is 2.48. The van der Waals surface area contributed by atoms with Crippen molar-refractivity contribution in [3.05, 3.63) is 33.8 Å². The Kier molecular flexibility index (Phi) is 4.49. The van der Waals surface area contributed by atoms with Crippen LogP contribution in [0.15, 0.2) is 17.6 Å². The van der Waals surface area contributed by atoms with Gasteiger partial charge in [0.25, 0.3) is 0 Å². The number of rotatable bonds is 6. The molecule has 5 heteroatoms. The highest BCUT2D eigenvalue weighted by atomic mass is 32.1. The van der Waals surface area contributed by atoms with Crippen LogP contribution in [0.3, 0.4) is 0 Å². The van der Waals surface area contributed by atoms with Gasteiger partial charge in [0.05, 0.1) is 5.69 Å². The molecule has 0 amide bonds. The molecule has 2 heterocycles. The number of hydrogen-bond donors (Lipinski definition) is 1. The molecule has 0 aliphatic carbocycles. The van der Waals surface area contributed by atoms with E-state index in [0.29, 0.717) is 6.04 Å². The topological polar surface area (TPSA) is 42.7 Å². The van der Waals surface area contributed by atoms with Crippen LogP contribution >= 0.6 is 11.3 Å². The monoisotopic (exact) mass is 264 g/mol. The Labute approximate surface area is 112 Å². The van der Waals surface area contributed by atoms with E-state index in [1.807, 2.05) is 24.6 Å². The first kappa shape index (κ1) is 13.2. The minimum atomic E-state index is 0.349. The quantitative estimate of drug-likeness (QED) is 0.871. The zero-order valence-corrected chi connectivity index (χ0v) is 12.0. The van der Waals surface area contributed by atoms with E-state index >= 15 is 0 Å². The Hall–Kier alpha value is -1.20. The molecule has 0 aromatic carbocycles. The van der Waals surface area contributed by atoms with Gasteiger partial charge in [-0.05, 0) is 30.0 Å². The molecule has 0 aliphatic rings. The van der Waals surface area contributed by atoms with E-state index in [4.69, 9.17) is 0 Å². The van der Waals surface area contributed by atoms with Gasteiger partial charge in [0.1, 0.15) is 0 Å². The van der Waals surface area contributed by atoms with Crippen molar-refractivity contribution in [2.45, 2.75) is 32.7 Å². The number of nitrogens with zero attached hydrogens (tertiary/aromatic N) is 3. The molecule has 2 rings (SSSR count). The van der Waals surface area contributed by atoms with Crippen molar-refractivity contribution < 1.29 is 0 Å². The molecule has 0 bridgehead atoms. The number of thiophene rings is 1. The molecule has 0 aliphatic heterocycles. The van der Waals surface area contributed by atoms with Crippen LogP contribution in [-0.4, -0.2) is 21.5 Å². The molecule has 0 saturated carbocycles. The summed E-state index contributed by atoms with van der Waals surface area (Å²) in [6, 6.07) is 2.57. The Morgan fingerprint density at radius 3 is 2.89 bits per heavy atom. The molecular weight excluding hydrogens is 244 g/mol. The van der Waals surface area contributed by atoms with Crippen LogP contribution in [0.5, 0.6) is 0 Å². The van der Waals surface area contributed by atoms with Crippen LogP contribution in [0.1, 0.15) is 36.0 Å². The van der Waals surface area contributed by atoms with Crippen molar-refractivity contribution in [2.75, 3.05) is 6.54 Å². The van der Waals surface area contributed by atoms with Crippen LogP contribution in [-0.2, 0) is 19.9 Å². The summed E-state index contributed by atoms with van der Waals surface area (Å²) >= 11 is 1.83. The maximum absolute atomic E-state index is 4.18. The molecular formula is C13H20N4S. The van der Waals surface area contributed by atoms with Crippen LogP contribution in [0.4, 0.5) is 0 Å². The van der Waals surface area contributed by atoms with Gasteiger partial charge in [0, 0.05) is 30.6 Å². The third-order valence-electron chi connectivity index (χ3n) is 2.99. The summed E-state index contributed by atoms with van der Waals surface area (Å²) in [6.45, 7) is 5.31. The van der Waals surface area contributed by atoms with Crippen molar-refractivity contribution >= 4 is 11.3 Å². The molecule has 0 radical (unpaired) electrons. The number of aryl methyl sites for hydroxylation is 2. The molecule has 98 valence electrons. The smallest absolute Gasteiger partial charge is 0.0846 e. The van der Waals surface area contributed by atoms with Crippen molar-refractivity contribution in [3.8, 4) is 0 Å². The summed E-state index contributed by atoms with van der Waals surface area (Å²) < 4.78 is 1.76. The van der Waals surface area contributed by atoms with E-state index in [-0.39, 0.29) is 0 Å². The lowest BCUT2D eigenvalue weighted by Gasteiger charge is -2.16. The predicted molar refractivity (Wildman–Crippen MR) is 74.8 cm³/mol. The largest absolute Gasteiger partial charge is 0.309 e. The average Bonchev–Trinajstić information content (AvgIpc) is 2.97. The van der Waals surface area contributed by atoms with Crippen LogP contribution < -0.4 is 5.32 Å². The zero-order valence-electron chi connectivity index (χ0n) is 11.2. The molecule has 4 nitrogen and oxygen atoms in total. The minimum Gasteiger partial charge on any atom is -0.309 e. The molecule has 1 unspecified atom stereocenters. The summed E-state index contributed by atoms with van der Waals surface area (Å²) in [4.78, 5) is 1.44. The first-order chi connectivity index (χ1) is 8.74. The number of likely N-dealkylation sites (N-methyl/N-ethyl adjacent to an activating group) is 1. The van der Waals surface area contributed by atoms with Crippen molar-refractivity contribution in [1.82, 2.24) is 20.3 Å². The Morgan fingerprint density at radius 1 is 1.44 bits per heavy atom. The summed E-state index contributed by atoms with van der Waals surface area (Å²) in [7, 11) is 1.90. The second-order valence-corrected chi connectivity index (χ2v) is 5.31. The highest BCUT2D eigenvalue weighted by Crippen LogP contribution is 2.27. The van der Waals surface area contributed by atoms with Gasteiger partial charge in [-0.1, -0.05) is 19.1 Å². The lowest BCUT2D eigenvalue weighted by atomic mass is 10.1. The lowest BCUT2D eigenvalue weighted by molar-refractivity contribution is 0.548. The fourth-order valence-corrected chi connectivity index (χ4v) is 3.22. The molecule has 0 spiro atoms. The van der Waals surface area contributed by atoms with E-state index in [1.165, 1.54) is 10.4 Å². The van der Waals surface area contributed by atoms with Crippen LogP contribution in [0.25, 0.3) is 0 Å². The second kappa shape index (κ2) is 6.11. The summed E-state index contributed by atoms with van der Waals surface area (Å²) in [5, 5.41) is 13.9. The van der Waals surface area contributed by atoms with Gasteiger partial charge in [-0.2, -0.15) is 0 Å². The maximum atomic E-state index is 4.18. The van der Waals surface area contributed by atoms with Crippen molar-refractivity contribution in [1.29, 1.82) is 0 Å². The number of nitrogens with one attached hydrogen (secondary N) is 1. The standard InChI is InChI=1S/C13H20N4S/c1-4-10-6-7-18-13(10)12(14-5-2)8-11-9-17(3)16-15-11/h6-7,9,12,14H,4-5,8H2,1-3H3. The Morgan fingerprint density at radius 2 is 2.28 bits per heavy atom. The summed E-state index contributed by atoms with van der Waals surface area (Å²) in [6.07, 6.45) is 3.97. The Balaban J connectivity index is 2.17. The van der Waals surface area contributed by atoms with Gasteiger partial charge in [-0.15, -0.1) is 16.4 Å². The van der Waals surface area contributed by atoms with Crippen LogP contribution in [0, 0.1) is 0 Å². The van der Waals surface area contributed by atoms with E-state index < -0.39 is 0 Å². The molecule has 2 aromatic heterocycles. The lowest BCUT2D eigenvalue weighted by Crippen LogP contribution is -2.23. The van der Waals surface area contributed by atoms with E-state index in [2.05, 4.69) is 40.9 Å². The fraction of sp³-hybridized carbons (Fsp3) is 0.538. The normalized spacial score (nSPS) is 12.8. The van der Waals surface area contributed by atoms with Crippen molar-refractivity contribution in [3.63, 3.8) is 0 Å². The van der Waals surface area contributed by atoms with E-state index in [9.17, 15) is 0 Å². The highest BCUT2D eigenvalue weighted by molar-refractivity contribution is 7.10. The first-order valence-corrected chi connectivity index (χ1v) is 7.27. The van der Waals surface area contributed by atoms with E-state index in [1.54, 1.807) is 4.68 Å². The van der Waals surface area contributed by atoms with Gasteiger partial charge >= 0.3 is 0 Å². The molecule has 0 fully saturated rings. The highest BCUT2D eigenvalue weighted by Gasteiger charge is 2.17. The SMILES string of the molecule is CCNC(Cc1cn(C)nn1)c1sccc1CC. The van der Waals surface area contributed by atoms with Crippen LogP contribution in [0.2, 0.25) is 0 Å². The van der Waals surface area contributed by atoms with Crippen molar-refractivity contribution in [2.24, 2.45) is 7.05 Å². The first-order valence-electron chi connectivity index (χ1n) is 6.39. The average molecular weight is 264 g/mol. The van der Waals surface area contributed by atoms with Gasteiger partial charge in [-0.25, -0.2) is 0 Å². The number of aromatic nitrogens is 3. The maximum Gasteiger partial charge on any atom is 0.0846 e. The third kappa shape index (κ3) is 2.97. The van der Waals surface area contributed by atoms with Gasteiger partial charge < -0.3 is 5.32 Å².